The molecule has 0 nitrogen and oxygen atoms in total. The molecule has 32 heavy (non-hydrogen) atoms. The zero-order valence-corrected chi connectivity index (χ0v) is 21.4. The van der Waals surface area contributed by atoms with Gasteiger partial charge in [0.1, 0.15) is 0 Å². The predicted molar refractivity (Wildman–Crippen MR) is 145 cm³/mol. The van der Waals surface area contributed by atoms with Crippen LogP contribution < -0.4 is 0 Å². The summed E-state index contributed by atoms with van der Waals surface area (Å²) in [6, 6.07) is 33.9. The summed E-state index contributed by atoms with van der Waals surface area (Å²) < 4.78 is 0.0630. The predicted octanol–water partition coefficient (Wildman–Crippen LogP) is 9.16. The van der Waals surface area contributed by atoms with Gasteiger partial charge in [0.25, 0.3) is 0 Å². The van der Waals surface area contributed by atoms with Gasteiger partial charge in [-0.1, -0.05) is 99.6 Å². The van der Waals surface area contributed by atoms with Crippen molar-refractivity contribution in [1.29, 1.82) is 0 Å². The van der Waals surface area contributed by atoms with Crippen LogP contribution in [0.3, 0.4) is 0 Å². The molecule has 0 bridgehead atoms. The highest BCUT2D eigenvalue weighted by Crippen LogP contribution is 2.64. The van der Waals surface area contributed by atoms with Crippen molar-refractivity contribution in [3.05, 3.63) is 102 Å². The van der Waals surface area contributed by atoms with E-state index in [0.717, 1.165) is 0 Å². The molecule has 0 radical (unpaired) electrons. The van der Waals surface area contributed by atoms with Crippen LogP contribution in [0.25, 0.3) is 21.9 Å². The van der Waals surface area contributed by atoms with E-state index < -0.39 is 10.0 Å². The first-order valence-electron chi connectivity index (χ1n) is 11.4. The van der Waals surface area contributed by atoms with Crippen LogP contribution in [-0.4, -0.2) is 12.5 Å². The van der Waals surface area contributed by atoms with Gasteiger partial charge in [-0.15, -0.1) is 0 Å². The van der Waals surface area contributed by atoms with Crippen molar-refractivity contribution in [3.8, 4) is 11.1 Å². The maximum Gasteiger partial charge on any atom is 0.0229 e. The quantitative estimate of drug-likeness (QED) is 0.297. The van der Waals surface area contributed by atoms with Crippen LogP contribution in [0.15, 0.2) is 95.9 Å². The molecule has 0 heterocycles. The number of benzene rings is 4. The fourth-order valence-corrected chi connectivity index (χ4v) is 6.54. The molecular weight excluding hydrogens is 404 g/mol. The minimum absolute atomic E-state index is 0.0630. The first kappa shape index (κ1) is 22.7. The number of fused-ring (bicyclic) bond motifs is 1. The molecule has 0 N–H and O–H groups in total. The lowest BCUT2D eigenvalue weighted by atomic mass is 9.87. The lowest BCUT2D eigenvalue weighted by Crippen LogP contribution is -2.25. The van der Waals surface area contributed by atoms with E-state index in [4.69, 9.17) is 0 Å². The molecule has 0 aliphatic carbocycles. The van der Waals surface area contributed by atoms with Crippen LogP contribution in [-0.2, 0) is 10.2 Å². The molecule has 166 valence electrons. The Hall–Kier alpha value is -2.51. The van der Waals surface area contributed by atoms with Gasteiger partial charge in [0.2, 0.25) is 0 Å². The van der Waals surface area contributed by atoms with Crippen molar-refractivity contribution < 1.29 is 0 Å². The van der Waals surface area contributed by atoms with E-state index in [0.29, 0.717) is 0 Å². The second-order valence-corrected chi connectivity index (χ2v) is 14.9. The van der Waals surface area contributed by atoms with Crippen LogP contribution in [0.1, 0.15) is 45.7 Å². The van der Waals surface area contributed by atoms with Gasteiger partial charge in [-0.25, -0.2) is 10.0 Å². The van der Waals surface area contributed by atoms with Crippen molar-refractivity contribution in [1.82, 2.24) is 0 Å². The molecule has 4 aromatic carbocycles. The molecule has 0 atom stereocenters. The Labute approximate surface area is 196 Å². The molecule has 4 aromatic rings. The van der Waals surface area contributed by atoms with E-state index in [9.17, 15) is 0 Å². The lowest BCUT2D eigenvalue weighted by molar-refractivity contribution is 0.589. The summed E-state index contributed by atoms with van der Waals surface area (Å²) in [5, 5.41) is 2.60. The van der Waals surface area contributed by atoms with Gasteiger partial charge < -0.3 is 0 Å². The summed E-state index contributed by atoms with van der Waals surface area (Å²) in [5.41, 5.74) is 5.57. The van der Waals surface area contributed by atoms with Crippen LogP contribution in [0, 0.1) is 0 Å². The first-order valence-corrected chi connectivity index (χ1v) is 13.9. The third kappa shape index (κ3) is 3.99. The Morgan fingerprint density at radius 3 is 1.75 bits per heavy atom. The van der Waals surface area contributed by atoms with E-state index in [1.54, 1.807) is 0 Å². The minimum Gasteiger partial charge on any atom is -0.211 e. The van der Waals surface area contributed by atoms with Crippen molar-refractivity contribution in [2.45, 2.75) is 49.7 Å². The third-order valence-electron chi connectivity index (χ3n) is 7.27. The van der Waals surface area contributed by atoms with Crippen molar-refractivity contribution in [3.63, 3.8) is 0 Å². The Balaban J connectivity index is 1.68. The van der Waals surface area contributed by atoms with Gasteiger partial charge in [0, 0.05) is 4.75 Å². The normalized spacial score (nSPS) is 13.3. The van der Waals surface area contributed by atoms with Crippen molar-refractivity contribution in [2.24, 2.45) is 0 Å². The largest absolute Gasteiger partial charge is 0.211 e. The maximum absolute atomic E-state index is 2.46. The lowest BCUT2D eigenvalue weighted by Gasteiger charge is -2.48. The molecular formula is C31H36S. The fourth-order valence-electron chi connectivity index (χ4n) is 4.41. The summed E-state index contributed by atoms with van der Waals surface area (Å²) >= 11 is 0. The van der Waals surface area contributed by atoms with Crippen molar-refractivity contribution in [2.75, 3.05) is 12.5 Å². The molecule has 0 amide bonds. The van der Waals surface area contributed by atoms with Crippen LogP contribution in [0.5, 0.6) is 0 Å². The number of hydrogen-bond donors (Lipinski definition) is 0. The van der Waals surface area contributed by atoms with E-state index in [1.807, 2.05) is 0 Å². The van der Waals surface area contributed by atoms with Gasteiger partial charge in [-0.3, -0.25) is 0 Å². The average Bonchev–Trinajstić information content (AvgIpc) is 2.78. The molecule has 0 aromatic heterocycles. The maximum atomic E-state index is 2.46. The van der Waals surface area contributed by atoms with Gasteiger partial charge in [0.05, 0.1) is 0 Å². The Bertz CT molecular complexity index is 1210. The highest BCUT2D eigenvalue weighted by atomic mass is 32.3. The van der Waals surface area contributed by atoms with Gasteiger partial charge >= 0.3 is 0 Å². The van der Waals surface area contributed by atoms with Gasteiger partial charge in [0.15, 0.2) is 0 Å². The SMILES string of the molecule is CC(C)(C)c1ccc(S(C)(C)C(C)(C)c2ccc(-c3cccc4ccccc34)cc2)cc1. The second kappa shape index (κ2) is 8.12. The Morgan fingerprint density at radius 1 is 0.562 bits per heavy atom. The van der Waals surface area contributed by atoms with Gasteiger partial charge in [-0.2, -0.15) is 0 Å². The highest BCUT2D eigenvalue weighted by Gasteiger charge is 2.35. The molecule has 0 unspecified atom stereocenters. The summed E-state index contributed by atoms with van der Waals surface area (Å²) in [5.74, 6) is 0. The zero-order chi connectivity index (χ0) is 23.1. The molecule has 0 spiro atoms. The molecule has 0 aliphatic rings. The van der Waals surface area contributed by atoms with Crippen LogP contribution in [0.2, 0.25) is 0 Å². The van der Waals surface area contributed by atoms with E-state index >= 15 is 0 Å². The summed E-state index contributed by atoms with van der Waals surface area (Å²) in [4.78, 5) is 1.47. The summed E-state index contributed by atoms with van der Waals surface area (Å²) in [7, 11) is -1.07. The smallest absolute Gasteiger partial charge is 0.0229 e. The molecule has 0 saturated heterocycles. The topological polar surface area (TPSA) is 0 Å². The molecule has 0 aliphatic heterocycles. The van der Waals surface area contributed by atoms with E-state index in [2.05, 4.69) is 138 Å². The zero-order valence-electron chi connectivity index (χ0n) is 20.6. The third-order valence-corrected chi connectivity index (χ3v) is 11.5. The van der Waals surface area contributed by atoms with Gasteiger partial charge in [-0.05, 0) is 81.8 Å². The molecule has 1 heteroatoms. The molecule has 4 rings (SSSR count). The van der Waals surface area contributed by atoms with Crippen molar-refractivity contribution >= 4 is 20.8 Å². The summed E-state index contributed by atoms with van der Waals surface area (Å²) in [6.45, 7) is 11.7. The number of hydrogen-bond acceptors (Lipinski definition) is 0. The summed E-state index contributed by atoms with van der Waals surface area (Å²) in [6.07, 6.45) is 4.91. The standard InChI is InChI=1S/C31H36S/c1-30(2,3)25-19-21-27(22-20-25)32(6,7)31(4,5)26-17-15-24(16-18-26)29-14-10-12-23-11-8-9-13-28(23)29/h8-22H,1-7H3. The molecule has 0 fully saturated rings. The van der Waals surface area contributed by atoms with E-state index in [1.165, 1.54) is 37.9 Å². The Kier molecular flexibility index (Phi) is 5.75. The van der Waals surface area contributed by atoms with Crippen LogP contribution in [0.4, 0.5) is 0 Å². The average molecular weight is 441 g/mol. The van der Waals surface area contributed by atoms with Crippen LogP contribution >= 0.6 is 10.0 Å². The second-order valence-electron chi connectivity index (χ2n) is 10.7. The minimum atomic E-state index is -1.07. The number of rotatable bonds is 4. The monoisotopic (exact) mass is 440 g/mol. The Morgan fingerprint density at radius 2 is 1.12 bits per heavy atom. The van der Waals surface area contributed by atoms with E-state index in [-0.39, 0.29) is 10.2 Å². The first-order chi connectivity index (χ1) is 15.0. The molecule has 0 saturated carbocycles. The fraction of sp³-hybridized carbons (Fsp3) is 0.290. The highest BCUT2D eigenvalue weighted by molar-refractivity contribution is 8.33.